The summed E-state index contributed by atoms with van der Waals surface area (Å²) in [4.78, 5) is 0. The maximum atomic E-state index is 2.51. The Morgan fingerprint density at radius 2 is 1.04 bits per heavy atom. The fourth-order valence-corrected chi connectivity index (χ4v) is 11.7. The van der Waals surface area contributed by atoms with Gasteiger partial charge in [-0.2, -0.15) is 0 Å². The first kappa shape index (κ1) is 17.9. The molecule has 25 heavy (non-hydrogen) atoms. The fraction of sp³-hybridized carbons (Fsp3) is 0.273. The van der Waals surface area contributed by atoms with Crippen LogP contribution in [0.5, 0.6) is 0 Å². The van der Waals surface area contributed by atoms with E-state index >= 15 is 0 Å². The molecule has 0 spiro atoms. The Kier molecular flexibility index (Phi) is 5.19. The van der Waals surface area contributed by atoms with Crippen molar-refractivity contribution in [3.8, 4) is 0 Å². The summed E-state index contributed by atoms with van der Waals surface area (Å²) >= 11 is -0.181. The molecule has 2 atom stereocenters. The molecule has 2 aliphatic rings. The Morgan fingerprint density at radius 3 is 1.44 bits per heavy atom. The number of allylic oxidation sites excluding steroid dienone is 2. The number of benzene rings is 2. The van der Waals surface area contributed by atoms with Gasteiger partial charge >= 0.3 is 164 Å². The maximum absolute atomic E-state index is 2.51. The van der Waals surface area contributed by atoms with Crippen LogP contribution in [-0.2, 0) is 19.2 Å². The van der Waals surface area contributed by atoms with Crippen molar-refractivity contribution in [2.45, 2.75) is 8.45 Å². The van der Waals surface area contributed by atoms with Gasteiger partial charge in [-0.3, -0.25) is 0 Å². The molecule has 0 fully saturated rings. The fourth-order valence-electron chi connectivity index (χ4n) is 3.91. The van der Waals surface area contributed by atoms with Gasteiger partial charge in [0.25, 0.3) is 0 Å². The van der Waals surface area contributed by atoms with Crippen molar-refractivity contribution in [2.24, 2.45) is 0 Å². The van der Waals surface area contributed by atoms with Gasteiger partial charge in [-0.25, -0.2) is 0 Å². The van der Waals surface area contributed by atoms with Gasteiger partial charge in [0.05, 0.1) is 0 Å². The molecule has 0 radical (unpaired) electrons. The Balaban J connectivity index is 1.73. The van der Waals surface area contributed by atoms with Crippen LogP contribution in [0, 0.1) is 0 Å². The predicted molar refractivity (Wildman–Crippen MR) is 112 cm³/mol. The summed E-state index contributed by atoms with van der Waals surface area (Å²) in [6.45, 7) is 9.71. The minimum atomic E-state index is -0.181. The van der Waals surface area contributed by atoms with Gasteiger partial charge in [0.15, 0.2) is 0 Å². The summed E-state index contributed by atoms with van der Waals surface area (Å²) in [6, 6.07) is 18.2. The van der Waals surface area contributed by atoms with E-state index in [-0.39, 0.29) is 35.0 Å². The van der Waals surface area contributed by atoms with E-state index in [1.165, 1.54) is 11.1 Å². The zero-order valence-electron chi connectivity index (χ0n) is 15.3. The normalized spacial score (nSPS) is 21.2. The molecule has 2 aromatic rings. The van der Waals surface area contributed by atoms with Crippen LogP contribution in [0.2, 0.25) is 0 Å². The molecule has 0 aliphatic heterocycles. The van der Waals surface area contributed by atoms with E-state index in [0.29, 0.717) is 8.45 Å². The van der Waals surface area contributed by atoms with E-state index in [2.05, 4.69) is 87.3 Å². The predicted octanol–water partition coefficient (Wildman–Crippen LogP) is 6.74. The second kappa shape index (κ2) is 7.25. The third-order valence-corrected chi connectivity index (χ3v) is 11.8. The number of fused-ring (bicyclic) bond motifs is 2. The van der Waals surface area contributed by atoms with E-state index in [0.717, 1.165) is 0 Å². The van der Waals surface area contributed by atoms with Crippen LogP contribution in [0.25, 0.3) is 12.2 Å². The second-order valence-electron chi connectivity index (χ2n) is 7.22. The van der Waals surface area contributed by atoms with Crippen LogP contribution in [0.3, 0.4) is 0 Å². The zero-order valence-corrected chi connectivity index (χ0v) is 18.7. The van der Waals surface area contributed by atoms with Crippen molar-refractivity contribution in [1.29, 1.82) is 0 Å². The molecule has 2 unspecified atom stereocenters. The molecule has 2 aromatic carbocycles. The molecule has 0 amide bonds. The van der Waals surface area contributed by atoms with E-state index in [1.54, 1.807) is 21.8 Å². The number of rotatable bonds is 4. The molecule has 0 heterocycles. The van der Waals surface area contributed by atoms with Crippen molar-refractivity contribution in [1.82, 2.24) is 0 Å². The van der Waals surface area contributed by atoms with Gasteiger partial charge in [-0.1, -0.05) is 0 Å². The summed E-state index contributed by atoms with van der Waals surface area (Å²) in [5.74, 6) is 0. The van der Waals surface area contributed by atoms with Crippen LogP contribution in [0.4, 0.5) is 0 Å². The first-order chi connectivity index (χ1) is 12.1. The molecule has 0 N–H and O–H groups in total. The van der Waals surface area contributed by atoms with Crippen LogP contribution in [0.1, 0.15) is 30.7 Å². The van der Waals surface area contributed by atoms with Crippen LogP contribution in [0.15, 0.2) is 59.2 Å². The number of hydrogen-bond donors (Lipinski definition) is 0. The summed E-state index contributed by atoms with van der Waals surface area (Å²) in [5.41, 5.74) is 6.17. The van der Waals surface area contributed by atoms with Crippen molar-refractivity contribution in [2.75, 3.05) is 26.7 Å². The molecule has 0 bridgehead atoms. The average Bonchev–Trinajstić information content (AvgIpc) is 3.15. The first-order valence-corrected chi connectivity index (χ1v) is 15.1. The van der Waals surface area contributed by atoms with Gasteiger partial charge in [0.2, 0.25) is 0 Å². The van der Waals surface area contributed by atoms with Crippen LogP contribution in [-0.4, -0.2) is 26.7 Å². The second-order valence-corrected chi connectivity index (χ2v) is 14.2. The third kappa shape index (κ3) is 3.28. The molecule has 0 saturated carbocycles. The molecular formula is C22H24P2Ti. The summed E-state index contributed by atoms with van der Waals surface area (Å²) in [6.07, 6.45) is 5.03. The van der Waals surface area contributed by atoms with Crippen molar-refractivity contribution >= 4 is 28.0 Å². The summed E-state index contributed by atoms with van der Waals surface area (Å²) < 4.78 is 1.43. The van der Waals surface area contributed by atoms with Gasteiger partial charge in [0, 0.05) is 0 Å². The van der Waals surface area contributed by atoms with E-state index in [4.69, 9.17) is 0 Å². The molecule has 3 heteroatoms. The summed E-state index contributed by atoms with van der Waals surface area (Å²) in [5, 5.41) is 3.47. The van der Waals surface area contributed by atoms with Gasteiger partial charge < -0.3 is 0 Å². The quantitative estimate of drug-likeness (QED) is 0.395. The van der Waals surface area contributed by atoms with Crippen LogP contribution >= 0.6 is 15.8 Å². The van der Waals surface area contributed by atoms with Gasteiger partial charge in [0.1, 0.15) is 0 Å². The van der Waals surface area contributed by atoms with Crippen molar-refractivity contribution in [3.05, 3.63) is 81.4 Å². The molecule has 2 aliphatic carbocycles. The minimum absolute atomic E-state index is 0.0262. The Bertz CT molecular complexity index is 792. The average molecular weight is 398 g/mol. The van der Waals surface area contributed by atoms with Gasteiger partial charge in [-0.15, -0.1) is 0 Å². The monoisotopic (exact) mass is 398 g/mol. The van der Waals surface area contributed by atoms with Crippen molar-refractivity contribution < 1.29 is 19.2 Å². The zero-order chi connectivity index (χ0) is 17.6. The van der Waals surface area contributed by atoms with Crippen molar-refractivity contribution in [3.63, 3.8) is 0 Å². The first-order valence-electron chi connectivity index (χ1n) is 8.78. The standard InChI is InChI=1S/2C11H12P.Ti/c2*1-12(2)11-7-9-5-3-4-6-10(9)8-11;/h2*3-8H,1-2H3;. The molecule has 0 aromatic heterocycles. The Labute approximate surface area is 163 Å². The Hall–Kier alpha value is -0.506. The molecule has 0 saturated heterocycles. The Morgan fingerprint density at radius 1 is 0.640 bits per heavy atom. The van der Waals surface area contributed by atoms with E-state index in [9.17, 15) is 0 Å². The van der Waals surface area contributed by atoms with E-state index < -0.39 is 0 Å². The third-order valence-electron chi connectivity index (χ3n) is 5.18. The SMILES string of the molecule is CP(C)C1=Cc2ccccc2[CH]1[Ti][CH]1C(P(C)C)=Cc2ccccc21. The van der Waals surface area contributed by atoms with Crippen LogP contribution < -0.4 is 0 Å². The number of hydrogen-bond acceptors (Lipinski definition) is 0. The van der Waals surface area contributed by atoms with Gasteiger partial charge in [-0.05, 0) is 0 Å². The van der Waals surface area contributed by atoms with E-state index in [1.807, 2.05) is 0 Å². The molecule has 126 valence electrons. The molecule has 4 rings (SSSR count). The topological polar surface area (TPSA) is 0 Å². The molecule has 0 nitrogen and oxygen atoms in total. The molecular weight excluding hydrogens is 374 g/mol. The summed E-state index contributed by atoms with van der Waals surface area (Å²) in [7, 11) is -0.0523.